The third-order valence-electron chi connectivity index (χ3n) is 3.17. The van der Waals surface area contributed by atoms with Crippen LogP contribution in [0.5, 0.6) is 0 Å². The van der Waals surface area contributed by atoms with Crippen LogP contribution < -0.4 is 5.32 Å². The van der Waals surface area contributed by atoms with Gasteiger partial charge in [-0.2, -0.15) is 5.26 Å². The summed E-state index contributed by atoms with van der Waals surface area (Å²) < 4.78 is 12.9. The third kappa shape index (κ3) is 3.65. The predicted octanol–water partition coefficient (Wildman–Crippen LogP) is 1.94. The maximum Gasteiger partial charge on any atom is 0.270 e. The second-order valence-corrected chi connectivity index (χ2v) is 4.80. The van der Waals surface area contributed by atoms with Gasteiger partial charge in [-0.05, 0) is 36.8 Å². The van der Waals surface area contributed by atoms with Crippen LogP contribution >= 0.6 is 0 Å². The van der Waals surface area contributed by atoms with E-state index in [9.17, 15) is 14.3 Å². The van der Waals surface area contributed by atoms with Crippen LogP contribution in [0.3, 0.4) is 0 Å². The lowest BCUT2D eigenvalue weighted by molar-refractivity contribution is 0.0847. The Balaban J connectivity index is 2.03. The molecular weight excluding hydrogens is 285 g/mol. The summed E-state index contributed by atoms with van der Waals surface area (Å²) in [6.45, 7) is 1.63. The lowest BCUT2D eigenvalue weighted by atomic mass is 10.0. The van der Waals surface area contributed by atoms with Gasteiger partial charge in [0.2, 0.25) is 0 Å². The molecule has 1 aromatic carbocycles. The van der Waals surface area contributed by atoms with Crippen LogP contribution in [0.15, 0.2) is 42.6 Å². The number of aliphatic hydroxyl groups is 1. The monoisotopic (exact) mass is 299 g/mol. The van der Waals surface area contributed by atoms with Crippen molar-refractivity contribution < 1.29 is 14.3 Å². The van der Waals surface area contributed by atoms with Gasteiger partial charge in [0.05, 0.1) is 17.7 Å². The first-order valence-corrected chi connectivity index (χ1v) is 6.62. The Morgan fingerprint density at radius 1 is 1.32 bits per heavy atom. The Hall–Kier alpha value is -2.78. The van der Waals surface area contributed by atoms with Crippen molar-refractivity contribution in [2.75, 3.05) is 0 Å². The molecule has 112 valence electrons. The topological polar surface area (TPSA) is 86.0 Å². The third-order valence-corrected chi connectivity index (χ3v) is 3.17. The Labute approximate surface area is 127 Å². The summed E-state index contributed by atoms with van der Waals surface area (Å²) in [4.78, 5) is 15.9. The first-order chi connectivity index (χ1) is 10.5. The highest BCUT2D eigenvalue weighted by Crippen LogP contribution is 2.17. The van der Waals surface area contributed by atoms with Crippen molar-refractivity contribution in [1.82, 2.24) is 10.3 Å². The summed E-state index contributed by atoms with van der Waals surface area (Å²) in [5.41, 5.74) is 1.01. The van der Waals surface area contributed by atoms with Gasteiger partial charge in [0.1, 0.15) is 17.6 Å². The smallest absolute Gasteiger partial charge is 0.270 e. The van der Waals surface area contributed by atoms with E-state index in [4.69, 9.17) is 5.26 Å². The number of benzene rings is 1. The van der Waals surface area contributed by atoms with Gasteiger partial charge in [-0.3, -0.25) is 4.79 Å². The van der Waals surface area contributed by atoms with Crippen LogP contribution in [0.1, 0.15) is 34.6 Å². The van der Waals surface area contributed by atoms with Gasteiger partial charge in [0, 0.05) is 6.20 Å². The molecule has 2 aromatic rings. The van der Waals surface area contributed by atoms with Crippen molar-refractivity contribution in [3.8, 4) is 6.07 Å². The van der Waals surface area contributed by atoms with Crippen molar-refractivity contribution in [2.24, 2.45) is 0 Å². The average Bonchev–Trinajstić information content (AvgIpc) is 2.54. The molecule has 0 radical (unpaired) electrons. The van der Waals surface area contributed by atoms with E-state index in [2.05, 4.69) is 10.3 Å². The van der Waals surface area contributed by atoms with Gasteiger partial charge in [0.15, 0.2) is 0 Å². The number of nitrogens with one attached hydrogen (secondary N) is 1. The number of pyridine rings is 1. The zero-order chi connectivity index (χ0) is 16.1. The van der Waals surface area contributed by atoms with Crippen molar-refractivity contribution in [3.63, 3.8) is 0 Å². The molecule has 1 amide bonds. The van der Waals surface area contributed by atoms with Crippen LogP contribution in [0, 0.1) is 17.1 Å². The van der Waals surface area contributed by atoms with E-state index < -0.39 is 23.9 Å². The highest BCUT2D eigenvalue weighted by molar-refractivity contribution is 5.92. The highest BCUT2D eigenvalue weighted by Gasteiger charge is 2.19. The molecule has 0 saturated carbocycles. The maximum atomic E-state index is 12.9. The fourth-order valence-electron chi connectivity index (χ4n) is 1.90. The molecule has 2 atom stereocenters. The number of carbonyl (C=O) groups is 1. The van der Waals surface area contributed by atoms with Crippen molar-refractivity contribution in [2.45, 2.75) is 19.1 Å². The minimum atomic E-state index is -0.970. The molecular formula is C16H14FN3O2. The summed E-state index contributed by atoms with van der Waals surface area (Å²) in [6, 6.07) is 9.66. The lowest BCUT2D eigenvalue weighted by Gasteiger charge is -2.20. The minimum absolute atomic E-state index is 0.150. The molecule has 6 heteroatoms. The molecule has 0 fully saturated rings. The zero-order valence-corrected chi connectivity index (χ0v) is 11.8. The Kier molecular flexibility index (Phi) is 4.81. The van der Waals surface area contributed by atoms with Crippen molar-refractivity contribution >= 4 is 5.91 Å². The van der Waals surface area contributed by atoms with Crippen LogP contribution in [-0.4, -0.2) is 22.0 Å². The zero-order valence-electron chi connectivity index (χ0n) is 11.8. The highest BCUT2D eigenvalue weighted by atomic mass is 19.1. The summed E-state index contributed by atoms with van der Waals surface area (Å²) in [5, 5.41) is 21.5. The Bertz CT molecular complexity index is 693. The molecule has 2 N–H and O–H groups in total. The number of nitriles is 1. The van der Waals surface area contributed by atoms with Gasteiger partial charge < -0.3 is 10.4 Å². The summed E-state index contributed by atoms with van der Waals surface area (Å²) >= 11 is 0. The van der Waals surface area contributed by atoms with E-state index >= 15 is 0 Å². The van der Waals surface area contributed by atoms with Gasteiger partial charge in [-0.1, -0.05) is 12.1 Å². The summed E-state index contributed by atoms with van der Waals surface area (Å²) in [7, 11) is 0. The van der Waals surface area contributed by atoms with E-state index in [0.717, 1.165) is 0 Å². The molecule has 0 spiro atoms. The van der Waals surface area contributed by atoms with Crippen molar-refractivity contribution in [3.05, 3.63) is 65.2 Å². The molecule has 2 rings (SSSR count). The van der Waals surface area contributed by atoms with E-state index in [1.165, 1.54) is 42.6 Å². The molecule has 2 unspecified atom stereocenters. The van der Waals surface area contributed by atoms with Crippen molar-refractivity contribution in [1.29, 1.82) is 5.26 Å². The largest absolute Gasteiger partial charge is 0.386 e. The standard InChI is InChI=1S/C16H14FN3O2/c1-10(15(21)12-3-5-13(17)6-4-12)20-16(22)14-7-2-11(8-18)9-19-14/h2-7,9-10,15,21H,1H3,(H,20,22). The lowest BCUT2D eigenvalue weighted by Crippen LogP contribution is -2.37. The second kappa shape index (κ2) is 6.78. The summed E-state index contributed by atoms with van der Waals surface area (Å²) in [5.74, 6) is -0.854. The average molecular weight is 299 g/mol. The van der Waals surface area contributed by atoms with Gasteiger partial charge >= 0.3 is 0 Å². The number of nitrogens with zero attached hydrogens (tertiary/aromatic N) is 2. The molecule has 0 aliphatic heterocycles. The SMILES string of the molecule is CC(NC(=O)c1ccc(C#N)cn1)C(O)c1ccc(F)cc1. The summed E-state index contributed by atoms with van der Waals surface area (Å²) in [6.07, 6.45) is 0.332. The van der Waals surface area contributed by atoms with E-state index in [1.54, 1.807) is 6.92 Å². The van der Waals surface area contributed by atoms with Crippen LogP contribution in [0.4, 0.5) is 4.39 Å². The molecule has 5 nitrogen and oxygen atoms in total. The van der Waals surface area contributed by atoms with Gasteiger partial charge in [-0.25, -0.2) is 9.37 Å². The number of aromatic nitrogens is 1. The van der Waals surface area contributed by atoms with Crippen LogP contribution in [0.2, 0.25) is 0 Å². The second-order valence-electron chi connectivity index (χ2n) is 4.80. The number of aliphatic hydroxyl groups excluding tert-OH is 1. The fraction of sp³-hybridized carbons (Fsp3) is 0.188. The van der Waals surface area contributed by atoms with E-state index in [-0.39, 0.29) is 5.69 Å². The number of rotatable bonds is 4. The molecule has 0 saturated heterocycles. The predicted molar refractivity (Wildman–Crippen MR) is 77.2 cm³/mol. The first-order valence-electron chi connectivity index (χ1n) is 6.62. The number of amides is 1. The maximum absolute atomic E-state index is 12.9. The molecule has 0 bridgehead atoms. The fourth-order valence-corrected chi connectivity index (χ4v) is 1.90. The normalized spacial score (nSPS) is 13.0. The van der Waals surface area contributed by atoms with Crippen LogP contribution in [-0.2, 0) is 0 Å². The molecule has 0 aliphatic rings. The van der Waals surface area contributed by atoms with Crippen LogP contribution in [0.25, 0.3) is 0 Å². The number of carbonyl (C=O) groups excluding carboxylic acids is 1. The van der Waals surface area contributed by atoms with Gasteiger partial charge in [-0.15, -0.1) is 0 Å². The number of halogens is 1. The quantitative estimate of drug-likeness (QED) is 0.903. The van der Waals surface area contributed by atoms with E-state index in [1.807, 2.05) is 6.07 Å². The van der Waals surface area contributed by atoms with Gasteiger partial charge in [0.25, 0.3) is 5.91 Å². The molecule has 22 heavy (non-hydrogen) atoms. The number of hydrogen-bond donors (Lipinski definition) is 2. The molecule has 0 aliphatic carbocycles. The molecule has 1 heterocycles. The Morgan fingerprint density at radius 2 is 2.00 bits per heavy atom. The minimum Gasteiger partial charge on any atom is -0.386 e. The number of hydrogen-bond acceptors (Lipinski definition) is 4. The first kappa shape index (κ1) is 15.6. The molecule has 1 aromatic heterocycles. The van der Waals surface area contributed by atoms with E-state index in [0.29, 0.717) is 11.1 Å². The Morgan fingerprint density at radius 3 is 2.55 bits per heavy atom.